The number of rotatable bonds is 5. The summed E-state index contributed by atoms with van der Waals surface area (Å²) in [5.74, 6) is -0.173. The number of halogens is 1. The Morgan fingerprint density at radius 3 is 3.10 bits per heavy atom. The fourth-order valence-corrected chi connectivity index (χ4v) is 3.97. The van der Waals surface area contributed by atoms with Gasteiger partial charge in [0.15, 0.2) is 5.65 Å². The lowest BCUT2D eigenvalue weighted by atomic mass is 10.0. The lowest BCUT2D eigenvalue weighted by molar-refractivity contribution is 0.0948. The van der Waals surface area contributed by atoms with Crippen molar-refractivity contribution in [3.63, 3.8) is 0 Å². The number of aromatic amines is 1. The molecule has 1 aromatic carbocycles. The zero-order valence-electron chi connectivity index (χ0n) is 15.8. The number of pyridine rings is 1. The number of nitrogens with one attached hydrogen (secondary N) is 3. The fourth-order valence-electron chi connectivity index (χ4n) is 3.97. The van der Waals surface area contributed by atoms with Gasteiger partial charge in [0.25, 0.3) is 5.91 Å². The van der Waals surface area contributed by atoms with Gasteiger partial charge in [-0.15, -0.1) is 0 Å². The Morgan fingerprint density at radius 2 is 2.24 bits per heavy atom. The quantitative estimate of drug-likeness (QED) is 0.487. The van der Waals surface area contributed by atoms with Crippen LogP contribution in [-0.4, -0.2) is 45.3 Å². The molecule has 0 spiro atoms. The van der Waals surface area contributed by atoms with E-state index < -0.39 is 0 Å². The minimum absolute atomic E-state index is 0.230. The van der Waals surface area contributed by atoms with Crippen molar-refractivity contribution in [2.24, 2.45) is 0 Å². The van der Waals surface area contributed by atoms with E-state index in [1.54, 1.807) is 18.3 Å². The topological polar surface area (TPSA) is 87.6 Å². The van der Waals surface area contributed by atoms with Crippen molar-refractivity contribution in [1.29, 1.82) is 0 Å². The van der Waals surface area contributed by atoms with E-state index in [2.05, 4.69) is 26.7 Å². The number of fused-ring (bicyclic) bond motifs is 2. The van der Waals surface area contributed by atoms with E-state index in [9.17, 15) is 9.18 Å². The second-order valence-electron chi connectivity index (χ2n) is 7.34. The highest BCUT2D eigenvalue weighted by atomic mass is 19.1. The van der Waals surface area contributed by atoms with Gasteiger partial charge in [-0.2, -0.15) is 5.10 Å². The lowest BCUT2D eigenvalue weighted by Crippen LogP contribution is -2.27. The van der Waals surface area contributed by atoms with Gasteiger partial charge in [0, 0.05) is 41.5 Å². The van der Waals surface area contributed by atoms with Gasteiger partial charge in [0.2, 0.25) is 0 Å². The molecule has 7 nitrogen and oxygen atoms in total. The van der Waals surface area contributed by atoms with Crippen molar-refractivity contribution in [2.75, 3.05) is 19.6 Å². The van der Waals surface area contributed by atoms with Gasteiger partial charge < -0.3 is 15.6 Å². The normalized spacial score (nSPS) is 16.7. The highest BCUT2D eigenvalue weighted by Gasteiger charge is 2.23. The van der Waals surface area contributed by atoms with E-state index in [1.165, 1.54) is 12.1 Å². The van der Waals surface area contributed by atoms with Crippen molar-refractivity contribution in [1.82, 2.24) is 30.4 Å². The number of benzene rings is 1. The Kier molecular flexibility index (Phi) is 4.48. The van der Waals surface area contributed by atoms with E-state index in [4.69, 9.17) is 5.10 Å². The van der Waals surface area contributed by atoms with Gasteiger partial charge in [0.05, 0.1) is 12.2 Å². The van der Waals surface area contributed by atoms with Crippen LogP contribution in [0.25, 0.3) is 21.9 Å². The smallest absolute Gasteiger partial charge is 0.267 e. The summed E-state index contributed by atoms with van der Waals surface area (Å²) in [7, 11) is 0. The highest BCUT2D eigenvalue weighted by molar-refractivity contribution is 5.98. The van der Waals surface area contributed by atoms with Gasteiger partial charge in [-0.3, -0.25) is 4.79 Å². The summed E-state index contributed by atoms with van der Waals surface area (Å²) in [6, 6.07) is 10.1. The Balaban J connectivity index is 1.31. The molecular weight excluding hydrogens is 371 g/mol. The zero-order valence-corrected chi connectivity index (χ0v) is 15.8. The molecule has 1 unspecified atom stereocenters. The summed E-state index contributed by atoms with van der Waals surface area (Å²) in [6.45, 7) is 2.87. The minimum Gasteiger partial charge on any atom is -0.350 e. The molecule has 3 aromatic heterocycles. The molecule has 1 fully saturated rings. The van der Waals surface area contributed by atoms with E-state index >= 15 is 0 Å². The van der Waals surface area contributed by atoms with Crippen LogP contribution in [-0.2, 0) is 6.54 Å². The average molecular weight is 392 g/mol. The summed E-state index contributed by atoms with van der Waals surface area (Å²) >= 11 is 0. The molecule has 1 atom stereocenters. The van der Waals surface area contributed by atoms with Crippen molar-refractivity contribution in [3.05, 3.63) is 59.8 Å². The van der Waals surface area contributed by atoms with Crippen LogP contribution in [0, 0.1) is 5.82 Å². The van der Waals surface area contributed by atoms with Crippen molar-refractivity contribution in [3.8, 4) is 0 Å². The van der Waals surface area contributed by atoms with Crippen molar-refractivity contribution in [2.45, 2.75) is 18.9 Å². The Labute approximate surface area is 166 Å². The monoisotopic (exact) mass is 392 g/mol. The molecule has 0 saturated carbocycles. The van der Waals surface area contributed by atoms with Crippen LogP contribution < -0.4 is 10.6 Å². The Hall–Kier alpha value is -3.26. The predicted molar refractivity (Wildman–Crippen MR) is 108 cm³/mol. The fraction of sp³-hybridized carbons (Fsp3) is 0.286. The Morgan fingerprint density at radius 1 is 1.31 bits per heavy atom. The molecule has 1 amide bonds. The number of H-pyrrole nitrogens is 1. The lowest BCUT2D eigenvalue weighted by Gasteiger charge is -2.06. The number of hydrogen-bond donors (Lipinski definition) is 3. The van der Waals surface area contributed by atoms with Crippen LogP contribution in [0.1, 0.15) is 28.5 Å². The zero-order chi connectivity index (χ0) is 19.8. The molecular formula is C21H21FN6O. The molecule has 4 heterocycles. The van der Waals surface area contributed by atoms with Crippen LogP contribution in [0.15, 0.2) is 42.6 Å². The summed E-state index contributed by atoms with van der Waals surface area (Å²) in [5, 5.41) is 13.0. The van der Waals surface area contributed by atoms with Crippen LogP contribution in [0.4, 0.5) is 4.39 Å². The molecule has 4 aromatic rings. The highest BCUT2D eigenvalue weighted by Crippen LogP contribution is 2.27. The van der Waals surface area contributed by atoms with Gasteiger partial charge in [-0.1, -0.05) is 0 Å². The third-order valence-corrected chi connectivity index (χ3v) is 5.42. The van der Waals surface area contributed by atoms with Gasteiger partial charge >= 0.3 is 0 Å². The molecule has 0 bridgehead atoms. The predicted octanol–water partition coefficient (Wildman–Crippen LogP) is 2.56. The average Bonchev–Trinajstić information content (AvgIpc) is 3.46. The maximum absolute atomic E-state index is 13.3. The van der Waals surface area contributed by atoms with Crippen molar-refractivity contribution >= 4 is 27.8 Å². The standard InChI is InChI=1S/C21H21FN6O/c22-15-4-3-13-10-18(26-17(13)11-15)21(29)25-8-9-28-20-16(2-1-6-24-20)19(27-28)14-5-7-23-12-14/h1-4,6,10-11,14,23,26H,5,7-9,12H2,(H,25,29). The van der Waals surface area contributed by atoms with E-state index in [0.29, 0.717) is 30.2 Å². The number of carbonyl (C=O) groups is 1. The second-order valence-corrected chi connectivity index (χ2v) is 7.34. The first-order valence-electron chi connectivity index (χ1n) is 9.77. The van der Waals surface area contributed by atoms with E-state index in [1.807, 2.05) is 10.7 Å². The third kappa shape index (κ3) is 3.36. The first-order valence-corrected chi connectivity index (χ1v) is 9.77. The second kappa shape index (κ2) is 7.29. The molecule has 3 N–H and O–H groups in total. The molecule has 1 saturated heterocycles. The van der Waals surface area contributed by atoms with Crippen molar-refractivity contribution < 1.29 is 9.18 Å². The molecule has 1 aliphatic heterocycles. The summed E-state index contributed by atoms with van der Waals surface area (Å²) < 4.78 is 15.2. The number of nitrogens with zero attached hydrogens (tertiary/aromatic N) is 3. The number of amides is 1. The number of hydrogen-bond acceptors (Lipinski definition) is 4. The summed E-state index contributed by atoms with van der Waals surface area (Å²) in [4.78, 5) is 19.9. The minimum atomic E-state index is -0.336. The number of aromatic nitrogens is 4. The SMILES string of the molecule is O=C(NCCn1nc(C2CCNC2)c2cccnc21)c1cc2ccc(F)cc2[nH]1. The molecule has 0 radical (unpaired) electrons. The van der Waals surface area contributed by atoms with E-state index in [-0.39, 0.29) is 11.7 Å². The van der Waals surface area contributed by atoms with Crippen LogP contribution in [0.3, 0.4) is 0 Å². The molecule has 0 aliphatic carbocycles. The van der Waals surface area contributed by atoms with Crippen LogP contribution in [0.2, 0.25) is 0 Å². The van der Waals surface area contributed by atoms with Gasteiger partial charge in [-0.05, 0) is 49.4 Å². The first-order chi connectivity index (χ1) is 14.2. The number of carbonyl (C=O) groups excluding carboxylic acids is 1. The van der Waals surface area contributed by atoms with Gasteiger partial charge in [-0.25, -0.2) is 14.1 Å². The van der Waals surface area contributed by atoms with Gasteiger partial charge in [0.1, 0.15) is 11.5 Å². The maximum Gasteiger partial charge on any atom is 0.267 e. The summed E-state index contributed by atoms with van der Waals surface area (Å²) in [6.07, 6.45) is 2.83. The summed E-state index contributed by atoms with van der Waals surface area (Å²) in [5.41, 5.74) is 2.92. The molecule has 8 heteroatoms. The Bertz CT molecular complexity index is 1190. The van der Waals surface area contributed by atoms with Crippen LogP contribution in [0.5, 0.6) is 0 Å². The molecule has 1 aliphatic rings. The molecule has 5 rings (SSSR count). The van der Waals surface area contributed by atoms with Crippen LogP contribution >= 0.6 is 0 Å². The maximum atomic E-state index is 13.3. The third-order valence-electron chi connectivity index (χ3n) is 5.42. The molecule has 148 valence electrons. The largest absolute Gasteiger partial charge is 0.350 e. The first kappa shape index (κ1) is 17.8. The van der Waals surface area contributed by atoms with E-state index in [0.717, 1.165) is 41.6 Å². The molecule has 29 heavy (non-hydrogen) atoms.